The molecule has 0 spiro atoms. The molecule has 1 N–H and O–H groups in total. The molecule has 3 aromatic carbocycles. The quantitative estimate of drug-likeness (QED) is 0.727. The number of nitrogens with zero attached hydrogens (tertiary/aromatic N) is 3. The molecule has 6 nitrogen and oxygen atoms in total. The highest BCUT2D eigenvalue weighted by atomic mass is 16.2. The number of amides is 4. The molecule has 0 unspecified atom stereocenters. The van der Waals surface area contributed by atoms with Crippen molar-refractivity contribution in [2.45, 2.75) is 11.3 Å². The molecule has 0 aliphatic carbocycles. The fraction of sp³-hybridized carbons (Fsp3) is 0.167. The summed E-state index contributed by atoms with van der Waals surface area (Å²) >= 11 is 0. The Bertz CT molecular complexity index is 1110. The lowest BCUT2D eigenvalue weighted by Crippen LogP contribution is -2.62. The van der Waals surface area contributed by atoms with Crippen molar-refractivity contribution in [2.24, 2.45) is 0 Å². The minimum atomic E-state index is -1.13. The van der Waals surface area contributed by atoms with Crippen LogP contribution in [0.5, 0.6) is 0 Å². The maximum Gasteiger partial charge on any atom is 0.326 e. The van der Waals surface area contributed by atoms with E-state index in [1.807, 2.05) is 91.0 Å². The molecular formula is C24H22N4O2. The van der Waals surface area contributed by atoms with Crippen LogP contribution in [0.25, 0.3) is 0 Å². The van der Waals surface area contributed by atoms with Crippen molar-refractivity contribution >= 4 is 17.7 Å². The lowest BCUT2D eigenvalue weighted by molar-refractivity contribution is 0.0784. The van der Waals surface area contributed by atoms with Crippen LogP contribution in [-0.4, -0.2) is 36.0 Å². The lowest BCUT2D eigenvalue weighted by Gasteiger charge is -2.47. The summed E-state index contributed by atoms with van der Waals surface area (Å²) in [6.07, 6.45) is 0. The number of urea groups is 2. The number of likely N-dealkylation sites (N-methyl/N-ethyl adjacent to an activating group) is 2. The summed E-state index contributed by atoms with van der Waals surface area (Å²) < 4.78 is 0. The van der Waals surface area contributed by atoms with E-state index in [1.165, 1.54) is 0 Å². The molecule has 0 bridgehead atoms. The van der Waals surface area contributed by atoms with Gasteiger partial charge in [-0.1, -0.05) is 78.9 Å². The molecule has 2 fully saturated rings. The summed E-state index contributed by atoms with van der Waals surface area (Å²) in [4.78, 5) is 32.0. The topological polar surface area (TPSA) is 55.9 Å². The molecule has 2 saturated heterocycles. The molecule has 0 aromatic heterocycles. The normalized spacial score (nSPS) is 25.5. The van der Waals surface area contributed by atoms with Gasteiger partial charge in [-0.05, 0) is 12.1 Å². The van der Waals surface area contributed by atoms with Crippen molar-refractivity contribution < 1.29 is 9.59 Å². The van der Waals surface area contributed by atoms with Gasteiger partial charge in [0.25, 0.3) is 0 Å². The molecule has 150 valence electrons. The second-order valence-corrected chi connectivity index (χ2v) is 7.62. The van der Waals surface area contributed by atoms with Gasteiger partial charge in [-0.15, -0.1) is 0 Å². The summed E-state index contributed by atoms with van der Waals surface area (Å²) in [6, 6.07) is 28.5. The Labute approximate surface area is 175 Å². The van der Waals surface area contributed by atoms with Crippen molar-refractivity contribution in [1.82, 2.24) is 15.1 Å². The number of nitrogens with one attached hydrogen (secondary N) is 1. The van der Waals surface area contributed by atoms with E-state index in [4.69, 9.17) is 0 Å². The number of fused-ring (bicyclic) bond motifs is 1. The number of benzene rings is 3. The fourth-order valence-corrected chi connectivity index (χ4v) is 5.05. The third-order valence-electron chi connectivity index (χ3n) is 6.26. The van der Waals surface area contributed by atoms with E-state index >= 15 is 0 Å². The zero-order valence-corrected chi connectivity index (χ0v) is 16.8. The number of anilines is 1. The van der Waals surface area contributed by atoms with Crippen LogP contribution in [0.4, 0.5) is 15.3 Å². The summed E-state index contributed by atoms with van der Waals surface area (Å²) in [5, 5.41) is 3.19. The molecule has 30 heavy (non-hydrogen) atoms. The van der Waals surface area contributed by atoms with Crippen LogP contribution in [0.2, 0.25) is 0 Å². The van der Waals surface area contributed by atoms with Crippen molar-refractivity contribution in [2.75, 3.05) is 19.0 Å². The molecule has 2 atom stereocenters. The van der Waals surface area contributed by atoms with Crippen LogP contribution < -0.4 is 10.2 Å². The molecule has 2 aliphatic heterocycles. The third kappa shape index (κ3) is 2.03. The Morgan fingerprint density at radius 3 is 1.73 bits per heavy atom. The van der Waals surface area contributed by atoms with Gasteiger partial charge in [0.05, 0.1) is 0 Å². The summed E-state index contributed by atoms with van der Waals surface area (Å²) in [7, 11) is 3.50. The Hall–Kier alpha value is -3.80. The van der Waals surface area contributed by atoms with Gasteiger partial charge >= 0.3 is 12.1 Å². The Kier molecular flexibility index (Phi) is 3.86. The van der Waals surface area contributed by atoms with Gasteiger partial charge in [-0.3, -0.25) is 14.7 Å². The average molecular weight is 398 g/mol. The number of carbonyl (C=O) groups is 2. The van der Waals surface area contributed by atoms with Gasteiger partial charge in [0.2, 0.25) is 0 Å². The SMILES string of the molecule is CN1C(=O)N(C)[C@@]2(c3ccccc3)NC(=O)N(c3ccccc3)[C@]12c1ccccc1. The largest absolute Gasteiger partial charge is 0.326 e. The average Bonchev–Trinajstić information content (AvgIpc) is 3.17. The molecule has 0 saturated carbocycles. The van der Waals surface area contributed by atoms with Gasteiger partial charge in [0, 0.05) is 30.9 Å². The Morgan fingerprint density at radius 2 is 1.17 bits per heavy atom. The van der Waals surface area contributed by atoms with E-state index in [-0.39, 0.29) is 12.1 Å². The highest BCUT2D eigenvalue weighted by molar-refractivity contribution is 6.01. The third-order valence-corrected chi connectivity index (χ3v) is 6.26. The van der Waals surface area contributed by atoms with Crippen molar-refractivity contribution in [1.29, 1.82) is 0 Å². The number of rotatable bonds is 3. The predicted molar refractivity (Wildman–Crippen MR) is 115 cm³/mol. The van der Waals surface area contributed by atoms with E-state index in [0.717, 1.165) is 11.1 Å². The van der Waals surface area contributed by atoms with Gasteiger partial charge in [-0.25, -0.2) is 9.59 Å². The van der Waals surface area contributed by atoms with Gasteiger partial charge in [0.15, 0.2) is 11.3 Å². The number of hydrogen-bond donors (Lipinski definition) is 1. The predicted octanol–water partition coefficient (Wildman–Crippen LogP) is 3.92. The minimum absolute atomic E-state index is 0.177. The number of carbonyl (C=O) groups excluding carboxylic acids is 2. The second kappa shape index (κ2) is 6.35. The first-order valence-corrected chi connectivity index (χ1v) is 9.85. The van der Waals surface area contributed by atoms with Crippen molar-refractivity contribution in [3.05, 3.63) is 102 Å². The second-order valence-electron chi connectivity index (χ2n) is 7.62. The molecule has 2 aliphatic rings. The van der Waals surface area contributed by atoms with Crippen LogP contribution in [0, 0.1) is 0 Å². The first-order chi connectivity index (χ1) is 14.5. The van der Waals surface area contributed by atoms with E-state index < -0.39 is 11.3 Å². The maximum atomic E-state index is 13.6. The first kappa shape index (κ1) is 18.2. The molecule has 6 heteroatoms. The van der Waals surface area contributed by atoms with Crippen molar-refractivity contribution in [3.8, 4) is 0 Å². The minimum Gasteiger partial charge on any atom is -0.307 e. The lowest BCUT2D eigenvalue weighted by atomic mass is 9.80. The van der Waals surface area contributed by atoms with Crippen LogP contribution in [0.15, 0.2) is 91.0 Å². The zero-order chi connectivity index (χ0) is 20.9. The van der Waals surface area contributed by atoms with Gasteiger partial charge in [-0.2, -0.15) is 0 Å². The molecule has 0 radical (unpaired) electrons. The van der Waals surface area contributed by atoms with E-state index in [2.05, 4.69) is 5.32 Å². The number of para-hydroxylation sites is 1. The Balaban J connectivity index is 1.91. The van der Waals surface area contributed by atoms with Gasteiger partial charge in [0.1, 0.15) is 0 Å². The van der Waals surface area contributed by atoms with E-state index in [1.54, 1.807) is 28.8 Å². The monoisotopic (exact) mass is 398 g/mol. The smallest absolute Gasteiger partial charge is 0.307 e. The summed E-state index contributed by atoms with van der Waals surface area (Å²) in [5.74, 6) is 0. The summed E-state index contributed by atoms with van der Waals surface area (Å²) in [5.41, 5.74) is 0.151. The van der Waals surface area contributed by atoms with Crippen LogP contribution in [0.1, 0.15) is 11.1 Å². The maximum absolute atomic E-state index is 13.6. The molecule has 5 rings (SSSR count). The van der Waals surface area contributed by atoms with Gasteiger partial charge < -0.3 is 5.32 Å². The fourth-order valence-electron chi connectivity index (χ4n) is 5.05. The highest BCUT2D eigenvalue weighted by Gasteiger charge is 2.75. The summed E-state index contributed by atoms with van der Waals surface area (Å²) in [6.45, 7) is 0. The molecular weight excluding hydrogens is 376 g/mol. The van der Waals surface area contributed by atoms with E-state index in [0.29, 0.717) is 5.69 Å². The van der Waals surface area contributed by atoms with Crippen LogP contribution >= 0.6 is 0 Å². The first-order valence-electron chi connectivity index (χ1n) is 9.85. The standard InChI is InChI=1S/C24H22N4O2/c1-26-22(30)27(2)24(19-14-8-4-9-15-19)23(26,18-12-6-3-7-13-18)25-21(29)28(24)20-16-10-5-11-17-20/h3-17H,1-2H3,(H,25,29)/t23-,24+/m1/s1. The van der Waals surface area contributed by atoms with E-state index in [9.17, 15) is 9.59 Å². The number of hydrogen-bond acceptors (Lipinski definition) is 2. The molecule has 2 heterocycles. The molecule has 4 amide bonds. The highest BCUT2D eigenvalue weighted by Crippen LogP contribution is 2.57. The Morgan fingerprint density at radius 1 is 0.667 bits per heavy atom. The molecule has 3 aromatic rings. The van der Waals surface area contributed by atoms with Crippen LogP contribution in [0.3, 0.4) is 0 Å². The zero-order valence-electron chi connectivity index (χ0n) is 16.8. The van der Waals surface area contributed by atoms with Crippen LogP contribution in [-0.2, 0) is 11.3 Å². The van der Waals surface area contributed by atoms with Crippen molar-refractivity contribution in [3.63, 3.8) is 0 Å².